The average Bonchev–Trinajstić information content (AvgIpc) is 2.39. The number of carbonyl (C=O) groups is 2. The SMILES string of the molecule is COC(=O)C(NCc1cc(C(N)=O)ccc1F)C(C)C. The summed E-state index contributed by atoms with van der Waals surface area (Å²) < 4.78 is 18.3. The zero-order valence-corrected chi connectivity index (χ0v) is 11.8. The molecular weight excluding hydrogens is 263 g/mol. The minimum Gasteiger partial charge on any atom is -0.468 e. The van der Waals surface area contributed by atoms with Gasteiger partial charge in [0.2, 0.25) is 5.91 Å². The van der Waals surface area contributed by atoms with Gasteiger partial charge in [-0.25, -0.2) is 4.39 Å². The number of halogens is 1. The van der Waals surface area contributed by atoms with Gasteiger partial charge in [-0.2, -0.15) is 0 Å². The fraction of sp³-hybridized carbons (Fsp3) is 0.429. The van der Waals surface area contributed by atoms with Crippen molar-refractivity contribution >= 4 is 11.9 Å². The molecule has 5 nitrogen and oxygen atoms in total. The Morgan fingerprint density at radius 2 is 2.05 bits per heavy atom. The second kappa shape index (κ2) is 7.00. The van der Waals surface area contributed by atoms with E-state index in [1.807, 2.05) is 13.8 Å². The lowest BCUT2D eigenvalue weighted by Crippen LogP contribution is -2.41. The molecule has 1 unspecified atom stereocenters. The number of ether oxygens (including phenoxy) is 1. The number of primary amides is 1. The van der Waals surface area contributed by atoms with Crippen molar-refractivity contribution in [3.8, 4) is 0 Å². The molecule has 20 heavy (non-hydrogen) atoms. The molecule has 0 bridgehead atoms. The molecule has 1 atom stereocenters. The third kappa shape index (κ3) is 4.03. The number of carbonyl (C=O) groups excluding carboxylic acids is 2. The van der Waals surface area contributed by atoms with Gasteiger partial charge in [0, 0.05) is 17.7 Å². The molecule has 110 valence electrons. The topological polar surface area (TPSA) is 81.4 Å². The Balaban J connectivity index is 2.85. The van der Waals surface area contributed by atoms with E-state index >= 15 is 0 Å². The molecule has 0 aliphatic heterocycles. The molecule has 0 fully saturated rings. The summed E-state index contributed by atoms with van der Waals surface area (Å²) in [4.78, 5) is 22.7. The van der Waals surface area contributed by atoms with E-state index in [2.05, 4.69) is 10.1 Å². The maximum atomic E-state index is 13.7. The van der Waals surface area contributed by atoms with E-state index in [1.54, 1.807) is 0 Å². The maximum absolute atomic E-state index is 13.7. The number of esters is 1. The van der Waals surface area contributed by atoms with Gasteiger partial charge in [-0.15, -0.1) is 0 Å². The van der Waals surface area contributed by atoms with Gasteiger partial charge in [-0.1, -0.05) is 13.8 Å². The number of methoxy groups -OCH3 is 1. The smallest absolute Gasteiger partial charge is 0.323 e. The highest BCUT2D eigenvalue weighted by molar-refractivity contribution is 5.92. The van der Waals surface area contributed by atoms with Gasteiger partial charge in [0.25, 0.3) is 0 Å². The number of rotatable bonds is 6. The quantitative estimate of drug-likeness (QED) is 0.768. The van der Waals surface area contributed by atoms with Crippen molar-refractivity contribution in [3.05, 3.63) is 35.1 Å². The summed E-state index contributed by atoms with van der Waals surface area (Å²) in [5, 5.41) is 2.93. The summed E-state index contributed by atoms with van der Waals surface area (Å²) in [6, 6.07) is 3.33. The Morgan fingerprint density at radius 3 is 2.55 bits per heavy atom. The van der Waals surface area contributed by atoms with E-state index in [0.29, 0.717) is 0 Å². The maximum Gasteiger partial charge on any atom is 0.323 e. The number of hydrogen-bond donors (Lipinski definition) is 2. The summed E-state index contributed by atoms with van der Waals surface area (Å²) >= 11 is 0. The van der Waals surface area contributed by atoms with Crippen LogP contribution in [0.3, 0.4) is 0 Å². The monoisotopic (exact) mass is 282 g/mol. The van der Waals surface area contributed by atoms with Crippen molar-refractivity contribution in [1.82, 2.24) is 5.32 Å². The molecule has 0 saturated carbocycles. The Labute approximate surface area is 117 Å². The van der Waals surface area contributed by atoms with Crippen LogP contribution in [-0.2, 0) is 16.1 Å². The Kier molecular flexibility index (Phi) is 5.64. The van der Waals surface area contributed by atoms with E-state index in [4.69, 9.17) is 5.73 Å². The minimum absolute atomic E-state index is 0.00941. The molecule has 0 radical (unpaired) electrons. The number of hydrogen-bond acceptors (Lipinski definition) is 4. The highest BCUT2D eigenvalue weighted by Gasteiger charge is 2.22. The Morgan fingerprint density at radius 1 is 1.40 bits per heavy atom. The van der Waals surface area contributed by atoms with Crippen LogP contribution in [0.2, 0.25) is 0 Å². The van der Waals surface area contributed by atoms with Crippen molar-refractivity contribution in [2.75, 3.05) is 7.11 Å². The molecule has 0 aromatic heterocycles. The zero-order valence-electron chi connectivity index (χ0n) is 11.8. The van der Waals surface area contributed by atoms with Crippen LogP contribution in [0.1, 0.15) is 29.8 Å². The van der Waals surface area contributed by atoms with Crippen molar-refractivity contribution in [1.29, 1.82) is 0 Å². The molecule has 1 aromatic carbocycles. The van der Waals surface area contributed by atoms with Crippen molar-refractivity contribution in [2.24, 2.45) is 11.7 Å². The van der Waals surface area contributed by atoms with Gasteiger partial charge >= 0.3 is 5.97 Å². The molecule has 0 heterocycles. The predicted octanol–water partition coefficient (Wildman–Crippen LogP) is 1.21. The van der Waals surface area contributed by atoms with E-state index in [9.17, 15) is 14.0 Å². The lowest BCUT2D eigenvalue weighted by Gasteiger charge is -2.20. The van der Waals surface area contributed by atoms with E-state index in [0.717, 1.165) is 0 Å². The third-order valence-corrected chi connectivity index (χ3v) is 2.96. The molecule has 1 aromatic rings. The number of nitrogens with two attached hydrogens (primary N) is 1. The molecule has 0 saturated heterocycles. The number of amides is 1. The first-order valence-electron chi connectivity index (χ1n) is 6.26. The molecule has 1 rings (SSSR count). The van der Waals surface area contributed by atoms with Crippen molar-refractivity contribution < 1.29 is 18.7 Å². The normalized spacial score (nSPS) is 12.2. The fourth-order valence-electron chi connectivity index (χ4n) is 1.80. The van der Waals surface area contributed by atoms with Gasteiger partial charge in [0.05, 0.1) is 7.11 Å². The average molecular weight is 282 g/mol. The van der Waals surface area contributed by atoms with Gasteiger partial charge in [-0.05, 0) is 24.1 Å². The van der Waals surface area contributed by atoms with Crippen molar-refractivity contribution in [3.63, 3.8) is 0 Å². The fourth-order valence-corrected chi connectivity index (χ4v) is 1.80. The summed E-state index contributed by atoms with van der Waals surface area (Å²) in [6.07, 6.45) is 0. The summed E-state index contributed by atoms with van der Waals surface area (Å²) in [7, 11) is 1.30. The van der Waals surface area contributed by atoms with E-state index < -0.39 is 23.7 Å². The highest BCUT2D eigenvalue weighted by Crippen LogP contribution is 2.12. The summed E-state index contributed by atoms with van der Waals surface area (Å²) in [5.74, 6) is -1.51. The van der Waals surface area contributed by atoms with Crippen LogP contribution >= 0.6 is 0 Å². The molecule has 0 spiro atoms. The van der Waals surface area contributed by atoms with Crippen LogP contribution in [0.25, 0.3) is 0 Å². The summed E-state index contributed by atoms with van der Waals surface area (Å²) in [6.45, 7) is 3.81. The molecule has 0 aliphatic carbocycles. The Hall–Kier alpha value is -1.95. The first-order valence-corrected chi connectivity index (χ1v) is 6.26. The second-order valence-corrected chi connectivity index (χ2v) is 4.80. The minimum atomic E-state index is -0.625. The highest BCUT2D eigenvalue weighted by atomic mass is 19.1. The van der Waals surface area contributed by atoms with Crippen LogP contribution < -0.4 is 11.1 Å². The first kappa shape index (κ1) is 16.1. The largest absolute Gasteiger partial charge is 0.468 e. The molecular formula is C14H19FN2O3. The van der Waals surface area contributed by atoms with Crippen LogP contribution in [0, 0.1) is 11.7 Å². The van der Waals surface area contributed by atoms with Crippen LogP contribution in [-0.4, -0.2) is 25.0 Å². The lowest BCUT2D eigenvalue weighted by molar-refractivity contribution is -0.144. The standard InChI is InChI=1S/C14H19FN2O3/c1-8(2)12(14(19)20-3)17-7-10-6-9(13(16)18)4-5-11(10)15/h4-6,8,12,17H,7H2,1-3H3,(H2,16,18). The van der Waals surface area contributed by atoms with Crippen molar-refractivity contribution in [2.45, 2.75) is 26.4 Å². The van der Waals surface area contributed by atoms with Crippen LogP contribution in [0.5, 0.6) is 0 Å². The second-order valence-electron chi connectivity index (χ2n) is 4.80. The predicted molar refractivity (Wildman–Crippen MR) is 72.4 cm³/mol. The molecule has 3 N–H and O–H groups in total. The number of benzene rings is 1. The Bertz CT molecular complexity index is 503. The van der Waals surface area contributed by atoms with Gasteiger partial charge in [0.1, 0.15) is 11.9 Å². The summed E-state index contributed by atoms with van der Waals surface area (Å²) in [5.41, 5.74) is 5.65. The molecule has 6 heteroatoms. The molecule has 1 amide bonds. The third-order valence-electron chi connectivity index (χ3n) is 2.96. The van der Waals surface area contributed by atoms with Gasteiger partial charge in [0.15, 0.2) is 0 Å². The molecule has 0 aliphatic rings. The lowest BCUT2D eigenvalue weighted by atomic mass is 10.0. The van der Waals surface area contributed by atoms with Crippen LogP contribution in [0.15, 0.2) is 18.2 Å². The number of nitrogens with one attached hydrogen (secondary N) is 1. The zero-order chi connectivity index (χ0) is 15.3. The van der Waals surface area contributed by atoms with Gasteiger partial charge in [-0.3, -0.25) is 14.9 Å². The van der Waals surface area contributed by atoms with Gasteiger partial charge < -0.3 is 10.5 Å². The van der Waals surface area contributed by atoms with Crippen LogP contribution in [0.4, 0.5) is 4.39 Å². The first-order chi connectivity index (χ1) is 9.36. The van der Waals surface area contributed by atoms with E-state index in [1.165, 1.54) is 25.3 Å². The van der Waals surface area contributed by atoms with E-state index in [-0.39, 0.29) is 23.6 Å².